The van der Waals surface area contributed by atoms with Crippen molar-refractivity contribution < 1.29 is 14.3 Å². The summed E-state index contributed by atoms with van der Waals surface area (Å²) in [5.41, 5.74) is -0.00898. The maximum Gasteiger partial charge on any atom is 0.258 e. The Balaban J connectivity index is 3.05. The van der Waals surface area contributed by atoms with Crippen molar-refractivity contribution >= 4 is 21.8 Å². The zero-order chi connectivity index (χ0) is 12.3. The summed E-state index contributed by atoms with van der Waals surface area (Å²) >= 11 is 3.14. The van der Waals surface area contributed by atoms with E-state index >= 15 is 0 Å². The van der Waals surface area contributed by atoms with Crippen LogP contribution in [0.15, 0.2) is 22.7 Å². The van der Waals surface area contributed by atoms with Gasteiger partial charge in [-0.05, 0) is 35.0 Å². The Bertz CT molecular complexity index is 377. The van der Waals surface area contributed by atoms with Crippen LogP contribution in [0.4, 0.5) is 4.39 Å². The molecule has 1 aromatic rings. The van der Waals surface area contributed by atoms with Gasteiger partial charge in [0.25, 0.3) is 5.91 Å². The molecule has 1 N–H and O–H groups in total. The van der Waals surface area contributed by atoms with Gasteiger partial charge in [-0.2, -0.15) is 0 Å². The van der Waals surface area contributed by atoms with Crippen molar-refractivity contribution in [1.29, 1.82) is 0 Å². The van der Waals surface area contributed by atoms with E-state index in [-0.39, 0.29) is 18.2 Å². The minimum Gasteiger partial charge on any atom is -0.394 e. The number of hydrogen-bond donors (Lipinski definition) is 1. The lowest BCUT2D eigenvalue weighted by Gasteiger charge is -2.23. The van der Waals surface area contributed by atoms with Gasteiger partial charge >= 0.3 is 0 Å². The van der Waals surface area contributed by atoms with Crippen molar-refractivity contribution in [2.24, 2.45) is 0 Å². The average Bonchev–Trinajstić information content (AvgIpc) is 2.26. The molecule has 0 saturated heterocycles. The van der Waals surface area contributed by atoms with Crippen molar-refractivity contribution in [2.75, 3.05) is 13.7 Å². The quantitative estimate of drug-likeness (QED) is 0.925. The molecule has 3 nitrogen and oxygen atoms in total. The lowest BCUT2D eigenvalue weighted by Crippen LogP contribution is -2.37. The molecule has 0 aliphatic carbocycles. The minimum atomic E-state index is -0.573. The molecule has 0 spiro atoms. The third kappa shape index (κ3) is 2.59. The number of benzene rings is 1. The van der Waals surface area contributed by atoms with Crippen molar-refractivity contribution in [3.05, 3.63) is 34.1 Å². The number of hydrogen-bond acceptors (Lipinski definition) is 2. The van der Waals surface area contributed by atoms with E-state index in [0.29, 0.717) is 4.47 Å². The summed E-state index contributed by atoms with van der Waals surface area (Å²) in [7, 11) is 1.53. The molecule has 0 aliphatic heterocycles. The molecule has 1 atom stereocenters. The van der Waals surface area contributed by atoms with Gasteiger partial charge in [-0.25, -0.2) is 4.39 Å². The number of amides is 1. The molecule has 1 aromatic carbocycles. The first-order valence-corrected chi connectivity index (χ1v) is 5.60. The molecule has 1 rings (SSSR count). The Labute approximate surface area is 102 Å². The van der Waals surface area contributed by atoms with Gasteiger partial charge in [-0.1, -0.05) is 6.07 Å². The third-order valence-corrected chi connectivity index (χ3v) is 3.08. The third-order valence-electron chi connectivity index (χ3n) is 2.42. The topological polar surface area (TPSA) is 40.5 Å². The van der Waals surface area contributed by atoms with Crippen LogP contribution in [0.5, 0.6) is 0 Å². The van der Waals surface area contributed by atoms with Gasteiger partial charge in [0.15, 0.2) is 0 Å². The lowest BCUT2D eigenvalue weighted by atomic mass is 10.1. The molecule has 0 radical (unpaired) electrons. The summed E-state index contributed by atoms with van der Waals surface area (Å²) in [6, 6.07) is 4.01. The number of carbonyl (C=O) groups is 1. The summed E-state index contributed by atoms with van der Waals surface area (Å²) < 4.78 is 13.9. The minimum absolute atomic E-state index is 0.00898. The Morgan fingerprint density at radius 2 is 2.25 bits per heavy atom. The molecule has 1 amide bonds. The first kappa shape index (κ1) is 13.1. The molecular weight excluding hydrogens is 277 g/mol. The Kier molecular flexibility index (Phi) is 4.44. The summed E-state index contributed by atoms with van der Waals surface area (Å²) in [5, 5.41) is 8.94. The Morgan fingerprint density at radius 1 is 1.62 bits per heavy atom. The van der Waals surface area contributed by atoms with Gasteiger partial charge < -0.3 is 10.0 Å². The predicted molar refractivity (Wildman–Crippen MR) is 62.7 cm³/mol. The molecule has 0 bridgehead atoms. The fourth-order valence-corrected chi connectivity index (χ4v) is 1.71. The van der Waals surface area contributed by atoms with E-state index in [4.69, 9.17) is 5.11 Å². The van der Waals surface area contributed by atoms with Gasteiger partial charge in [0.2, 0.25) is 0 Å². The molecule has 0 aromatic heterocycles. The normalized spacial score (nSPS) is 12.3. The van der Waals surface area contributed by atoms with Crippen LogP contribution in [0.1, 0.15) is 17.3 Å². The number of likely N-dealkylation sites (N-methyl/N-ethyl adjacent to an activating group) is 1. The SMILES string of the molecule is CC(CO)N(C)C(=O)c1c(F)cccc1Br. The first-order valence-electron chi connectivity index (χ1n) is 4.81. The maximum atomic E-state index is 13.5. The summed E-state index contributed by atoms with van der Waals surface area (Å²) in [5.74, 6) is -1.03. The standard InChI is InChI=1S/C11H13BrFNO2/c1-7(6-15)14(2)11(16)10-8(12)4-3-5-9(10)13/h3-5,7,15H,6H2,1-2H3. The molecule has 0 heterocycles. The predicted octanol–water partition coefficient (Wildman–Crippen LogP) is 2.04. The second-order valence-electron chi connectivity index (χ2n) is 3.54. The van der Waals surface area contributed by atoms with Crippen molar-refractivity contribution in [2.45, 2.75) is 13.0 Å². The number of halogens is 2. The fourth-order valence-electron chi connectivity index (χ4n) is 1.20. The van der Waals surface area contributed by atoms with Gasteiger partial charge in [-0.15, -0.1) is 0 Å². The van der Waals surface area contributed by atoms with E-state index in [9.17, 15) is 9.18 Å². The smallest absolute Gasteiger partial charge is 0.258 e. The lowest BCUT2D eigenvalue weighted by molar-refractivity contribution is 0.0676. The second-order valence-corrected chi connectivity index (χ2v) is 4.40. The highest BCUT2D eigenvalue weighted by atomic mass is 79.9. The molecule has 0 fully saturated rings. The zero-order valence-electron chi connectivity index (χ0n) is 9.08. The first-order chi connectivity index (χ1) is 7.49. The van der Waals surface area contributed by atoms with E-state index in [1.54, 1.807) is 13.0 Å². The van der Waals surface area contributed by atoms with E-state index in [2.05, 4.69) is 15.9 Å². The highest BCUT2D eigenvalue weighted by molar-refractivity contribution is 9.10. The van der Waals surface area contributed by atoms with Crippen LogP contribution in [0, 0.1) is 5.82 Å². The molecular formula is C11H13BrFNO2. The van der Waals surface area contributed by atoms with Crippen LogP contribution >= 0.6 is 15.9 Å². The molecule has 0 saturated carbocycles. The highest BCUT2D eigenvalue weighted by Crippen LogP contribution is 2.21. The van der Waals surface area contributed by atoms with E-state index in [1.807, 2.05) is 0 Å². The van der Waals surface area contributed by atoms with Crippen LogP contribution in [-0.2, 0) is 0 Å². The van der Waals surface area contributed by atoms with Gasteiger partial charge in [0.1, 0.15) is 5.82 Å². The van der Waals surface area contributed by atoms with E-state index < -0.39 is 11.7 Å². The van der Waals surface area contributed by atoms with Gasteiger partial charge in [0.05, 0.1) is 18.2 Å². The Hall–Kier alpha value is -0.940. The number of aliphatic hydroxyl groups excluding tert-OH is 1. The maximum absolute atomic E-state index is 13.5. The molecule has 0 aliphatic rings. The van der Waals surface area contributed by atoms with Crippen LogP contribution in [-0.4, -0.2) is 35.6 Å². The largest absolute Gasteiger partial charge is 0.394 e. The summed E-state index contributed by atoms with van der Waals surface area (Å²) in [6.07, 6.45) is 0. The fraction of sp³-hybridized carbons (Fsp3) is 0.364. The number of rotatable bonds is 3. The van der Waals surface area contributed by atoms with Crippen molar-refractivity contribution in [1.82, 2.24) is 4.90 Å². The summed E-state index contributed by atoms with van der Waals surface area (Å²) in [4.78, 5) is 13.2. The van der Waals surface area contributed by atoms with Crippen molar-refractivity contribution in [3.8, 4) is 0 Å². The molecule has 16 heavy (non-hydrogen) atoms. The van der Waals surface area contributed by atoms with Gasteiger partial charge in [0, 0.05) is 11.5 Å². The van der Waals surface area contributed by atoms with E-state index in [1.165, 1.54) is 24.1 Å². The zero-order valence-corrected chi connectivity index (χ0v) is 10.7. The number of carbonyl (C=O) groups excluding carboxylic acids is 1. The average molecular weight is 290 g/mol. The number of nitrogens with zero attached hydrogens (tertiary/aromatic N) is 1. The van der Waals surface area contributed by atoms with Gasteiger partial charge in [-0.3, -0.25) is 4.79 Å². The van der Waals surface area contributed by atoms with Crippen molar-refractivity contribution in [3.63, 3.8) is 0 Å². The van der Waals surface area contributed by atoms with Crippen LogP contribution in [0.2, 0.25) is 0 Å². The highest BCUT2D eigenvalue weighted by Gasteiger charge is 2.22. The number of aliphatic hydroxyl groups is 1. The molecule has 1 unspecified atom stereocenters. The van der Waals surface area contributed by atoms with Crippen LogP contribution in [0.25, 0.3) is 0 Å². The molecule has 5 heteroatoms. The Morgan fingerprint density at radius 3 is 2.75 bits per heavy atom. The van der Waals surface area contributed by atoms with Crippen LogP contribution < -0.4 is 0 Å². The molecule has 88 valence electrons. The monoisotopic (exact) mass is 289 g/mol. The van der Waals surface area contributed by atoms with Crippen LogP contribution in [0.3, 0.4) is 0 Å². The second kappa shape index (κ2) is 5.41. The van der Waals surface area contributed by atoms with E-state index in [0.717, 1.165) is 0 Å². The summed E-state index contributed by atoms with van der Waals surface area (Å²) in [6.45, 7) is 1.53.